The quantitative estimate of drug-likeness (QED) is 0.725. The van der Waals surface area contributed by atoms with E-state index in [0.717, 1.165) is 4.47 Å². The van der Waals surface area contributed by atoms with Crippen LogP contribution in [0.4, 0.5) is 0 Å². The van der Waals surface area contributed by atoms with E-state index in [0.29, 0.717) is 4.88 Å². The van der Waals surface area contributed by atoms with Gasteiger partial charge in [0.25, 0.3) is 0 Å². The van der Waals surface area contributed by atoms with Crippen LogP contribution in [0.3, 0.4) is 0 Å². The second kappa shape index (κ2) is 5.54. The molecule has 0 aliphatic rings. The summed E-state index contributed by atoms with van der Waals surface area (Å²) in [5, 5.41) is 1.84. The molecule has 0 aliphatic carbocycles. The Kier molecular flexibility index (Phi) is 6.00. The molecule has 62 valence electrons. The molecule has 0 aromatic carbocycles. The average Bonchev–Trinajstić information content (AvgIpc) is 2.34. The maximum Gasteiger partial charge on any atom is 0.348 e. The topological polar surface area (TPSA) is 26.3 Å². The van der Waals surface area contributed by atoms with Crippen molar-refractivity contribution in [3.05, 3.63) is 20.8 Å². The Morgan fingerprint density at radius 2 is 2.36 bits per heavy atom. The van der Waals surface area contributed by atoms with E-state index in [2.05, 4.69) is 20.7 Å². The second-order valence-electron chi connectivity index (χ2n) is 1.62. The van der Waals surface area contributed by atoms with Crippen LogP contribution in [0.1, 0.15) is 9.67 Å². The van der Waals surface area contributed by atoms with Crippen LogP contribution in [-0.2, 0) is 4.74 Å². The summed E-state index contributed by atoms with van der Waals surface area (Å²) >= 11 is 4.59. The van der Waals surface area contributed by atoms with Gasteiger partial charge < -0.3 is 4.74 Å². The number of carbonyl (C=O) groups is 1. The summed E-state index contributed by atoms with van der Waals surface area (Å²) in [6.07, 6.45) is 0. The van der Waals surface area contributed by atoms with Gasteiger partial charge in [0, 0.05) is 47.6 Å². The van der Waals surface area contributed by atoms with E-state index in [1.807, 2.05) is 5.38 Å². The minimum Gasteiger partial charge on any atom is -0.465 e. The smallest absolute Gasteiger partial charge is 0.348 e. The number of ether oxygens (including phenoxy) is 1. The molecule has 0 saturated heterocycles. The van der Waals surface area contributed by atoms with Gasteiger partial charge in [0.1, 0.15) is 4.88 Å². The molecule has 1 aromatic heterocycles. The minimum atomic E-state index is -0.282. The summed E-state index contributed by atoms with van der Waals surface area (Å²) in [4.78, 5) is 11.4. The van der Waals surface area contributed by atoms with E-state index in [1.54, 1.807) is 6.07 Å². The second-order valence-corrected chi connectivity index (χ2v) is 3.45. The maximum atomic E-state index is 10.8. The molecule has 0 unspecified atom stereocenters. The standard InChI is InChI=1S/C6H5BrO2S.Ar/c1-9-6(8)5-2-4(7)3-10-5;/h2-3H,1H3;. The first-order chi connectivity index (χ1) is 4.74. The molecule has 2 nitrogen and oxygen atoms in total. The molecule has 0 amide bonds. The third kappa shape index (κ3) is 3.42. The number of carbonyl (C=O) groups excluding carboxylic acids is 1. The summed E-state index contributed by atoms with van der Waals surface area (Å²) in [6.45, 7) is 0. The largest absolute Gasteiger partial charge is 0.465 e. The molecule has 1 aromatic rings. The zero-order chi connectivity index (χ0) is 7.56. The van der Waals surface area contributed by atoms with E-state index in [9.17, 15) is 4.79 Å². The van der Waals surface area contributed by atoms with Crippen LogP contribution < -0.4 is 0 Å². The molecule has 5 heteroatoms. The van der Waals surface area contributed by atoms with Crippen LogP contribution in [0.2, 0.25) is 0 Å². The number of thiophene rings is 1. The number of methoxy groups -OCH3 is 1. The van der Waals surface area contributed by atoms with Gasteiger partial charge in [-0.25, -0.2) is 4.79 Å². The number of rotatable bonds is 1. The van der Waals surface area contributed by atoms with Crippen LogP contribution in [-0.4, -0.2) is 13.1 Å². The molecule has 0 radical (unpaired) electrons. The Morgan fingerprint density at radius 3 is 2.73 bits per heavy atom. The number of hydrogen-bond donors (Lipinski definition) is 0. The van der Waals surface area contributed by atoms with Gasteiger partial charge in [0.2, 0.25) is 0 Å². The Balaban J connectivity index is 0.000001000. The molecule has 0 N–H and O–H groups in total. The van der Waals surface area contributed by atoms with Gasteiger partial charge in [-0.1, -0.05) is 0 Å². The zero-order valence-corrected chi connectivity index (χ0v) is 8.72. The summed E-state index contributed by atoms with van der Waals surface area (Å²) in [7, 11) is 1.37. The summed E-state index contributed by atoms with van der Waals surface area (Å²) in [6, 6.07) is 1.73. The van der Waals surface area contributed by atoms with Crippen LogP contribution in [0.5, 0.6) is 0 Å². The van der Waals surface area contributed by atoms with Crippen molar-refractivity contribution in [2.45, 2.75) is 0 Å². The third-order valence-corrected chi connectivity index (χ3v) is 2.63. The fourth-order valence-electron chi connectivity index (χ4n) is 0.521. The van der Waals surface area contributed by atoms with Crippen molar-refractivity contribution in [3.8, 4) is 0 Å². The first-order valence-electron chi connectivity index (χ1n) is 2.56. The van der Waals surface area contributed by atoms with Crippen molar-refractivity contribution >= 4 is 33.2 Å². The molecule has 0 saturated carbocycles. The predicted octanol–water partition coefficient (Wildman–Crippen LogP) is 2.30. The molecular weight excluding hydrogens is 256 g/mol. The van der Waals surface area contributed by atoms with Gasteiger partial charge in [0.05, 0.1) is 7.11 Å². The molecule has 0 aliphatic heterocycles. The molecule has 0 fully saturated rings. The van der Waals surface area contributed by atoms with E-state index in [1.165, 1.54) is 18.4 Å². The van der Waals surface area contributed by atoms with Crippen LogP contribution in [0.15, 0.2) is 15.9 Å². The Bertz CT molecular complexity index is 248. The summed E-state index contributed by atoms with van der Waals surface area (Å²) < 4.78 is 5.41. The summed E-state index contributed by atoms with van der Waals surface area (Å²) in [5.41, 5.74) is 0. The Labute approximate surface area is 107 Å². The maximum absolute atomic E-state index is 10.8. The molecular formula is C6H5ArBrO2S. The van der Waals surface area contributed by atoms with Gasteiger partial charge in [-0.15, -0.1) is 11.3 Å². The molecule has 1 rings (SSSR count). The first kappa shape index (κ1) is 11.9. The molecule has 0 spiro atoms. The van der Waals surface area contributed by atoms with Gasteiger partial charge in [0.15, 0.2) is 0 Å². The van der Waals surface area contributed by atoms with Crippen molar-refractivity contribution in [1.82, 2.24) is 0 Å². The Morgan fingerprint density at radius 1 is 1.73 bits per heavy atom. The predicted molar refractivity (Wildman–Crippen MR) is 43.4 cm³/mol. The minimum absolute atomic E-state index is 0. The first-order valence-corrected chi connectivity index (χ1v) is 4.23. The Hall–Kier alpha value is 0.910. The van der Waals surface area contributed by atoms with Crippen LogP contribution in [0.25, 0.3) is 0 Å². The van der Waals surface area contributed by atoms with Crippen molar-refractivity contribution in [2.75, 3.05) is 7.11 Å². The van der Waals surface area contributed by atoms with E-state index >= 15 is 0 Å². The zero-order valence-electron chi connectivity index (χ0n) is 5.61. The number of esters is 1. The molecule has 1 heterocycles. The van der Waals surface area contributed by atoms with Gasteiger partial charge >= 0.3 is 5.97 Å². The van der Waals surface area contributed by atoms with Crippen molar-refractivity contribution in [3.63, 3.8) is 0 Å². The fourth-order valence-corrected chi connectivity index (χ4v) is 1.86. The number of halogens is 1. The van der Waals surface area contributed by atoms with E-state index in [-0.39, 0.29) is 43.7 Å². The SMILES string of the molecule is COC(=O)c1cc(Br)cs1.[Ar]. The van der Waals surface area contributed by atoms with Crippen molar-refractivity contribution in [1.29, 1.82) is 0 Å². The van der Waals surface area contributed by atoms with Crippen molar-refractivity contribution < 1.29 is 47.3 Å². The van der Waals surface area contributed by atoms with Crippen LogP contribution >= 0.6 is 27.3 Å². The van der Waals surface area contributed by atoms with E-state index < -0.39 is 0 Å². The number of hydrogen-bond acceptors (Lipinski definition) is 3. The van der Waals surface area contributed by atoms with Gasteiger partial charge in [-0.05, 0) is 22.0 Å². The molecule has 0 atom stereocenters. The normalized spacial score (nSPS) is 8.55. The fraction of sp³-hybridized carbons (Fsp3) is 0.167. The van der Waals surface area contributed by atoms with Crippen LogP contribution in [0, 0.1) is 37.7 Å². The summed E-state index contributed by atoms with van der Waals surface area (Å²) in [5.74, 6) is -0.282. The monoisotopic (exact) mass is 260 g/mol. The van der Waals surface area contributed by atoms with E-state index in [4.69, 9.17) is 0 Å². The van der Waals surface area contributed by atoms with Gasteiger partial charge in [-0.3, -0.25) is 0 Å². The molecule has 0 bridgehead atoms. The van der Waals surface area contributed by atoms with Gasteiger partial charge in [-0.2, -0.15) is 0 Å². The third-order valence-electron chi connectivity index (χ3n) is 0.954. The van der Waals surface area contributed by atoms with Crippen molar-refractivity contribution in [2.24, 2.45) is 0 Å². The molecule has 11 heavy (non-hydrogen) atoms. The average molecular weight is 261 g/mol.